The number of hydrogen-bond donors (Lipinski definition) is 1. The summed E-state index contributed by atoms with van der Waals surface area (Å²) < 4.78 is 5.89. The summed E-state index contributed by atoms with van der Waals surface area (Å²) in [6.07, 6.45) is 4.15. The average molecular weight is 281 g/mol. The van der Waals surface area contributed by atoms with E-state index in [1.807, 2.05) is 13.1 Å². The normalized spacial score (nSPS) is 26.5. The molecule has 2 aliphatic rings. The van der Waals surface area contributed by atoms with Gasteiger partial charge in [0.15, 0.2) is 0 Å². The maximum absolute atomic E-state index is 6.13. The van der Waals surface area contributed by atoms with E-state index in [0.29, 0.717) is 12.1 Å². The molecule has 1 aliphatic heterocycles. The van der Waals surface area contributed by atoms with E-state index in [1.54, 1.807) is 0 Å². The van der Waals surface area contributed by atoms with Crippen LogP contribution in [0, 0.1) is 0 Å². The van der Waals surface area contributed by atoms with Crippen molar-refractivity contribution in [3.05, 3.63) is 28.8 Å². The van der Waals surface area contributed by atoms with E-state index in [2.05, 4.69) is 22.3 Å². The molecule has 1 heterocycles. The van der Waals surface area contributed by atoms with Crippen molar-refractivity contribution in [1.82, 2.24) is 5.32 Å². The molecule has 4 heteroatoms. The summed E-state index contributed by atoms with van der Waals surface area (Å²) in [4.78, 5) is 2.53. The quantitative estimate of drug-likeness (QED) is 0.921. The van der Waals surface area contributed by atoms with Crippen LogP contribution in [-0.2, 0) is 11.3 Å². The zero-order valence-electron chi connectivity index (χ0n) is 11.4. The third-order valence-electron chi connectivity index (χ3n) is 4.20. The molecule has 2 unspecified atom stereocenters. The van der Waals surface area contributed by atoms with Crippen LogP contribution in [0.5, 0.6) is 0 Å². The fraction of sp³-hybridized carbons (Fsp3) is 0.600. The van der Waals surface area contributed by atoms with Gasteiger partial charge in [0.05, 0.1) is 18.8 Å². The third kappa shape index (κ3) is 2.60. The highest BCUT2D eigenvalue weighted by atomic mass is 35.5. The summed E-state index contributed by atoms with van der Waals surface area (Å²) in [6.45, 7) is 2.67. The minimum absolute atomic E-state index is 0.423. The van der Waals surface area contributed by atoms with E-state index in [-0.39, 0.29) is 0 Å². The first-order valence-corrected chi connectivity index (χ1v) is 7.48. The van der Waals surface area contributed by atoms with Crippen LogP contribution in [0.15, 0.2) is 18.2 Å². The molecule has 0 spiro atoms. The standard InChI is InChI=1S/C15H21ClN2O/c1-17-10-11-9-12(16)5-6-13(11)18-7-8-19-15-4-2-3-14(15)18/h5-6,9,14-15,17H,2-4,7-8,10H2,1H3. The van der Waals surface area contributed by atoms with Gasteiger partial charge in [-0.3, -0.25) is 0 Å². The van der Waals surface area contributed by atoms with Gasteiger partial charge in [0.1, 0.15) is 0 Å². The molecular formula is C15H21ClN2O. The van der Waals surface area contributed by atoms with Crippen molar-refractivity contribution in [2.24, 2.45) is 0 Å². The van der Waals surface area contributed by atoms with Crippen LogP contribution < -0.4 is 10.2 Å². The zero-order chi connectivity index (χ0) is 13.2. The first-order chi connectivity index (χ1) is 9.29. The van der Waals surface area contributed by atoms with Crippen molar-refractivity contribution in [2.45, 2.75) is 38.0 Å². The minimum atomic E-state index is 0.423. The number of ether oxygens (including phenoxy) is 1. The Morgan fingerprint density at radius 2 is 2.32 bits per heavy atom. The Hall–Kier alpha value is -0.770. The van der Waals surface area contributed by atoms with Crippen LogP contribution in [0.1, 0.15) is 24.8 Å². The second-order valence-electron chi connectivity index (χ2n) is 5.40. The van der Waals surface area contributed by atoms with Gasteiger partial charge in [0.2, 0.25) is 0 Å². The van der Waals surface area contributed by atoms with Gasteiger partial charge in [-0.15, -0.1) is 0 Å². The van der Waals surface area contributed by atoms with Gasteiger partial charge < -0.3 is 15.0 Å². The van der Waals surface area contributed by atoms with E-state index >= 15 is 0 Å². The van der Waals surface area contributed by atoms with Crippen LogP contribution in [0.3, 0.4) is 0 Å². The van der Waals surface area contributed by atoms with E-state index in [1.165, 1.54) is 30.5 Å². The molecule has 0 radical (unpaired) electrons. The lowest BCUT2D eigenvalue weighted by Crippen LogP contribution is -2.49. The lowest BCUT2D eigenvalue weighted by atomic mass is 10.1. The molecular weight excluding hydrogens is 260 g/mol. The van der Waals surface area contributed by atoms with Gasteiger partial charge in [0, 0.05) is 23.8 Å². The van der Waals surface area contributed by atoms with Crippen LogP contribution >= 0.6 is 11.6 Å². The second kappa shape index (κ2) is 5.70. The zero-order valence-corrected chi connectivity index (χ0v) is 12.1. The number of nitrogens with one attached hydrogen (secondary N) is 1. The summed E-state index contributed by atoms with van der Waals surface area (Å²) in [5.41, 5.74) is 2.60. The molecule has 1 saturated heterocycles. The molecule has 0 aromatic heterocycles. The number of rotatable bonds is 3. The van der Waals surface area contributed by atoms with E-state index in [4.69, 9.17) is 16.3 Å². The summed E-state index contributed by atoms with van der Waals surface area (Å²) in [5, 5.41) is 4.04. The summed E-state index contributed by atoms with van der Waals surface area (Å²) in [5.74, 6) is 0. The molecule has 2 atom stereocenters. The highest BCUT2D eigenvalue weighted by molar-refractivity contribution is 6.30. The van der Waals surface area contributed by atoms with Gasteiger partial charge in [-0.25, -0.2) is 0 Å². The Balaban J connectivity index is 1.91. The molecule has 3 nitrogen and oxygen atoms in total. The SMILES string of the molecule is CNCc1cc(Cl)ccc1N1CCOC2CCCC21. The summed E-state index contributed by atoms with van der Waals surface area (Å²) in [6, 6.07) is 6.78. The molecule has 1 aromatic rings. The van der Waals surface area contributed by atoms with Crippen LogP contribution in [0.2, 0.25) is 5.02 Å². The Morgan fingerprint density at radius 3 is 3.16 bits per heavy atom. The Bertz CT molecular complexity index is 452. The topological polar surface area (TPSA) is 24.5 Å². The minimum Gasteiger partial charge on any atom is -0.374 e. The predicted octanol–water partition coefficient (Wildman–Crippen LogP) is 2.82. The maximum atomic E-state index is 6.13. The van der Waals surface area contributed by atoms with Crippen LogP contribution in [0.25, 0.3) is 0 Å². The number of nitrogens with zero attached hydrogens (tertiary/aromatic N) is 1. The molecule has 1 aliphatic carbocycles. The number of anilines is 1. The molecule has 0 bridgehead atoms. The summed E-state index contributed by atoms with van der Waals surface area (Å²) in [7, 11) is 1.97. The molecule has 1 N–H and O–H groups in total. The van der Waals surface area contributed by atoms with E-state index in [9.17, 15) is 0 Å². The highest BCUT2D eigenvalue weighted by Crippen LogP contribution is 2.35. The van der Waals surface area contributed by atoms with Crippen molar-refractivity contribution in [1.29, 1.82) is 0 Å². The molecule has 1 saturated carbocycles. The Labute approximate surface area is 119 Å². The first kappa shape index (κ1) is 13.2. The van der Waals surface area contributed by atoms with Gasteiger partial charge >= 0.3 is 0 Å². The van der Waals surface area contributed by atoms with Gasteiger partial charge in [0.25, 0.3) is 0 Å². The smallest absolute Gasteiger partial charge is 0.0779 e. The van der Waals surface area contributed by atoms with Crippen molar-refractivity contribution >= 4 is 17.3 Å². The molecule has 3 rings (SSSR count). The van der Waals surface area contributed by atoms with Crippen molar-refractivity contribution < 1.29 is 4.74 Å². The second-order valence-corrected chi connectivity index (χ2v) is 5.84. The maximum Gasteiger partial charge on any atom is 0.0779 e. The largest absolute Gasteiger partial charge is 0.374 e. The number of benzene rings is 1. The molecule has 1 aromatic carbocycles. The van der Waals surface area contributed by atoms with Crippen molar-refractivity contribution in [2.75, 3.05) is 25.1 Å². The highest BCUT2D eigenvalue weighted by Gasteiger charge is 2.36. The molecule has 104 valence electrons. The lowest BCUT2D eigenvalue weighted by molar-refractivity contribution is 0.0256. The molecule has 2 fully saturated rings. The Kier molecular flexibility index (Phi) is 3.96. The fourth-order valence-corrected chi connectivity index (χ4v) is 3.59. The van der Waals surface area contributed by atoms with Crippen LogP contribution in [0.4, 0.5) is 5.69 Å². The predicted molar refractivity (Wildman–Crippen MR) is 78.9 cm³/mol. The number of morpholine rings is 1. The lowest BCUT2D eigenvalue weighted by Gasteiger charge is -2.40. The third-order valence-corrected chi connectivity index (χ3v) is 4.44. The summed E-state index contributed by atoms with van der Waals surface area (Å²) >= 11 is 6.13. The number of halogens is 1. The van der Waals surface area contributed by atoms with Crippen LogP contribution in [-0.4, -0.2) is 32.3 Å². The fourth-order valence-electron chi connectivity index (χ4n) is 3.39. The Morgan fingerprint density at radius 1 is 1.42 bits per heavy atom. The van der Waals surface area contributed by atoms with Crippen molar-refractivity contribution in [3.63, 3.8) is 0 Å². The van der Waals surface area contributed by atoms with Crippen molar-refractivity contribution in [3.8, 4) is 0 Å². The van der Waals surface area contributed by atoms with Gasteiger partial charge in [-0.2, -0.15) is 0 Å². The monoisotopic (exact) mass is 280 g/mol. The first-order valence-electron chi connectivity index (χ1n) is 7.11. The van der Waals surface area contributed by atoms with Gasteiger partial charge in [-0.05, 0) is 50.1 Å². The number of fused-ring (bicyclic) bond motifs is 1. The van der Waals surface area contributed by atoms with E-state index < -0.39 is 0 Å². The number of hydrogen-bond acceptors (Lipinski definition) is 3. The molecule has 0 amide bonds. The molecule has 19 heavy (non-hydrogen) atoms. The average Bonchev–Trinajstić information content (AvgIpc) is 2.88. The van der Waals surface area contributed by atoms with Gasteiger partial charge in [-0.1, -0.05) is 11.6 Å². The van der Waals surface area contributed by atoms with E-state index in [0.717, 1.165) is 24.7 Å².